The Labute approximate surface area is 742 Å². The number of benzene rings is 16. The normalized spacial score (nSPS) is 14.4. The minimum Gasteiger partial charge on any atom is -0.423 e. The third-order valence-corrected chi connectivity index (χ3v) is 24.8. The summed E-state index contributed by atoms with van der Waals surface area (Å²) in [6.07, 6.45) is 0. The predicted molar refractivity (Wildman–Crippen MR) is 498 cm³/mol. The van der Waals surface area contributed by atoms with Crippen molar-refractivity contribution in [3.63, 3.8) is 0 Å². The molecule has 21 heteroatoms. The average Bonchev–Trinajstić information content (AvgIpc) is 1.60. The van der Waals surface area contributed by atoms with Gasteiger partial charge in [-0.2, -0.15) is 26.3 Å². The van der Waals surface area contributed by atoms with E-state index in [1.54, 1.807) is 72.8 Å². The Morgan fingerprint density at radius 1 is 0.278 bits per heavy atom. The standard InChI is InChI=1S/C38H23F2N3.C23H13ClF2.C21H22BN3O2.C13H9BF2O2.C10H6BrCl/c39-38(40)33-18-10-9-17-30(33)31-20-19-26(23-34(31)38)27-21-22-32(29-16-8-7-15-28(27)29)37-42-35(24-11-3-1-4-12-24)41-36(43-37)25-13-5-2-6-14-25;24-22-12-11-15(16-5-1-2-7-19(16)22)14-9-10-18-17-6-3-4-8-20(17)23(25,26)21(18)13-14;1-20(2)21(3,4)27-22(26-20)19-24-17(15-11-7-5-8-12-15)23-18(25-19)16-13-9-6-10-14-16;15-13(16)11-4-2-1-3-9(11)10-6-5-8(14(17)18)7-12(10)13;11-9-5-6-10(12)8-4-2-1-3-7(8)9/h1-23H;1-13H;5-14H,1-4H3;1-7,17-18H;1-6H. The minimum atomic E-state index is -3.09. The van der Waals surface area contributed by atoms with E-state index in [0.717, 1.165) is 98.0 Å². The van der Waals surface area contributed by atoms with Gasteiger partial charge in [0.25, 0.3) is 17.8 Å². The summed E-state index contributed by atoms with van der Waals surface area (Å²) >= 11 is 15.8. The van der Waals surface area contributed by atoms with Crippen LogP contribution in [0.2, 0.25) is 10.0 Å². The first-order valence-electron chi connectivity index (χ1n) is 40.7. The predicted octanol–water partition coefficient (Wildman–Crippen LogP) is 26.3. The van der Waals surface area contributed by atoms with Crippen LogP contribution in [0, 0.1) is 0 Å². The van der Waals surface area contributed by atoms with E-state index in [1.807, 2.05) is 276 Å². The maximum atomic E-state index is 15.6. The van der Waals surface area contributed by atoms with Crippen LogP contribution in [0.4, 0.5) is 26.3 Å². The third kappa shape index (κ3) is 15.9. The van der Waals surface area contributed by atoms with Crippen LogP contribution in [0.25, 0.3) is 145 Å². The number of hydrogen-bond acceptors (Lipinski definition) is 10. The van der Waals surface area contributed by atoms with Crippen molar-refractivity contribution in [3.05, 3.63) is 406 Å². The van der Waals surface area contributed by atoms with Crippen molar-refractivity contribution in [1.29, 1.82) is 0 Å². The van der Waals surface area contributed by atoms with Gasteiger partial charge in [-0.15, -0.1) is 0 Å². The van der Waals surface area contributed by atoms with Crippen molar-refractivity contribution in [1.82, 2.24) is 29.9 Å². The van der Waals surface area contributed by atoms with Crippen LogP contribution in [0.1, 0.15) is 61.1 Å². The Hall–Kier alpha value is -13.1. The van der Waals surface area contributed by atoms with Gasteiger partial charge in [-0.1, -0.05) is 361 Å². The number of alkyl halides is 6. The highest BCUT2D eigenvalue weighted by atomic mass is 79.9. The Balaban J connectivity index is 0.000000113. The van der Waals surface area contributed by atoms with Gasteiger partial charge in [0.1, 0.15) is 0 Å². The van der Waals surface area contributed by atoms with E-state index in [1.165, 1.54) is 30.3 Å². The minimum absolute atomic E-state index is 0.0374. The molecular weight excluding hydrogens is 1700 g/mol. The van der Waals surface area contributed by atoms with E-state index >= 15 is 8.78 Å². The van der Waals surface area contributed by atoms with Crippen molar-refractivity contribution in [3.8, 4) is 113 Å². The Kier molecular flexibility index (Phi) is 22.7. The van der Waals surface area contributed by atoms with Crippen LogP contribution in [0.15, 0.2) is 362 Å². The molecule has 1 saturated heterocycles. The Bertz CT molecular complexity index is 7040. The molecule has 3 heterocycles. The largest absolute Gasteiger partial charge is 0.534 e. The molecule has 1 aliphatic heterocycles. The fourth-order valence-electron chi connectivity index (χ4n) is 16.3. The van der Waals surface area contributed by atoms with Gasteiger partial charge in [0.15, 0.2) is 34.8 Å². The zero-order valence-corrected chi connectivity index (χ0v) is 71.1. The first-order valence-corrected chi connectivity index (χ1v) is 42.2. The Morgan fingerprint density at radius 3 is 0.968 bits per heavy atom. The topological polar surface area (TPSA) is 136 Å². The number of nitrogens with zero attached hydrogens (tertiary/aromatic N) is 6. The molecule has 0 bridgehead atoms. The zero-order chi connectivity index (χ0) is 87.4. The van der Waals surface area contributed by atoms with Crippen LogP contribution in [-0.4, -0.2) is 65.4 Å². The van der Waals surface area contributed by atoms with Gasteiger partial charge >= 0.3 is 14.2 Å². The van der Waals surface area contributed by atoms with Gasteiger partial charge in [0.2, 0.25) is 0 Å². The van der Waals surface area contributed by atoms with Gasteiger partial charge in [-0.05, 0) is 147 Å². The monoisotopic (exact) mass is 1770 g/mol. The summed E-state index contributed by atoms with van der Waals surface area (Å²) in [4.78, 5) is 28.7. The summed E-state index contributed by atoms with van der Waals surface area (Å²) < 4.78 is 103. The third-order valence-electron chi connectivity index (χ3n) is 23.4. The van der Waals surface area contributed by atoms with E-state index < -0.39 is 43.2 Å². The first-order chi connectivity index (χ1) is 60.8. The molecule has 616 valence electrons. The molecule has 16 aromatic carbocycles. The Morgan fingerprint density at radius 2 is 0.563 bits per heavy atom. The molecule has 0 unspecified atom stereocenters. The van der Waals surface area contributed by atoms with Crippen LogP contribution in [0.5, 0.6) is 0 Å². The van der Waals surface area contributed by atoms with Gasteiger partial charge in [-0.25, -0.2) is 29.9 Å². The molecule has 0 atom stereocenters. The molecule has 3 aliphatic carbocycles. The van der Waals surface area contributed by atoms with E-state index in [9.17, 15) is 17.6 Å². The molecule has 1 fully saturated rings. The van der Waals surface area contributed by atoms with Gasteiger partial charge in [0, 0.05) is 86.5 Å². The second-order valence-electron chi connectivity index (χ2n) is 31.7. The summed E-state index contributed by atoms with van der Waals surface area (Å²) in [6, 6.07) is 109. The second-order valence-corrected chi connectivity index (χ2v) is 33.3. The lowest BCUT2D eigenvalue weighted by atomic mass is 9.78. The van der Waals surface area contributed by atoms with Gasteiger partial charge < -0.3 is 19.4 Å². The van der Waals surface area contributed by atoms with Crippen molar-refractivity contribution in [2.45, 2.75) is 56.7 Å². The molecular formula is C105H73B2BrCl2F6N6O4. The van der Waals surface area contributed by atoms with E-state index in [0.29, 0.717) is 73.2 Å². The van der Waals surface area contributed by atoms with Gasteiger partial charge in [-0.3, -0.25) is 0 Å². The SMILES string of the molecule is CC1(C)OB(c2nc(-c3ccccc3)nc(-c3ccccc3)n2)OC1(C)C.Clc1ccc(Br)c2ccccc12.FC1(F)c2ccccc2-c2ccc(-c3ccc(-c4nc(-c5ccccc5)nc(-c5ccccc5)n4)c4ccccc34)cc21.FC1(F)c2ccccc2-c2ccc(-c3ccc(Cl)c4ccccc34)cc21.OB(O)c1ccc2c(c1)C(F)(F)c1ccccc1-2. The van der Waals surface area contributed by atoms with Crippen molar-refractivity contribution >= 4 is 96.9 Å². The first kappa shape index (κ1) is 83.8. The van der Waals surface area contributed by atoms with Crippen molar-refractivity contribution in [2.24, 2.45) is 0 Å². The molecule has 0 saturated carbocycles. The summed E-state index contributed by atoms with van der Waals surface area (Å²) in [5, 5.41) is 25.5. The quantitative estimate of drug-likeness (QED) is 0.106. The molecule has 126 heavy (non-hydrogen) atoms. The average molecular weight is 1770 g/mol. The lowest BCUT2D eigenvalue weighted by molar-refractivity contribution is 0.00578. The molecule has 0 spiro atoms. The highest BCUT2D eigenvalue weighted by Gasteiger charge is 2.54. The fraction of sp³-hybridized carbons (Fsp3) is 0.0857. The lowest BCUT2D eigenvalue weighted by Crippen LogP contribution is -2.41. The summed E-state index contributed by atoms with van der Waals surface area (Å²) in [7, 11) is -2.38. The number of halogens is 9. The van der Waals surface area contributed by atoms with Crippen LogP contribution in [0.3, 0.4) is 0 Å². The molecule has 22 rings (SSSR count). The summed E-state index contributed by atoms with van der Waals surface area (Å²) in [5.74, 6) is -6.20. The fourth-order valence-corrected chi connectivity index (χ4v) is 17.3. The van der Waals surface area contributed by atoms with Gasteiger partial charge in [0.05, 0.1) is 11.2 Å². The van der Waals surface area contributed by atoms with Crippen LogP contribution < -0.4 is 11.2 Å². The maximum Gasteiger partial charge on any atom is 0.534 e. The van der Waals surface area contributed by atoms with E-state index in [2.05, 4.69) is 30.9 Å². The number of rotatable bonds is 9. The number of aromatic nitrogens is 6. The van der Waals surface area contributed by atoms with E-state index in [4.69, 9.17) is 57.5 Å². The van der Waals surface area contributed by atoms with Crippen molar-refractivity contribution in [2.75, 3.05) is 0 Å². The summed E-state index contributed by atoms with van der Waals surface area (Å²) in [5.41, 5.74) is 10.8. The molecule has 4 aliphatic rings. The van der Waals surface area contributed by atoms with Crippen molar-refractivity contribution < 1.29 is 45.7 Å². The van der Waals surface area contributed by atoms with Crippen LogP contribution in [-0.2, 0) is 27.1 Å². The molecule has 2 N–H and O–H groups in total. The molecule has 0 amide bonds. The number of fused-ring (bicyclic) bond motifs is 12. The molecule has 0 radical (unpaired) electrons. The van der Waals surface area contributed by atoms with Crippen LogP contribution >= 0.6 is 39.1 Å². The maximum absolute atomic E-state index is 15.6. The highest BCUT2D eigenvalue weighted by Crippen LogP contribution is 2.55. The van der Waals surface area contributed by atoms with E-state index in [-0.39, 0.29) is 38.8 Å². The second kappa shape index (κ2) is 34.1. The molecule has 18 aromatic rings. The molecule has 2 aromatic heterocycles. The smallest absolute Gasteiger partial charge is 0.423 e. The lowest BCUT2D eigenvalue weighted by Gasteiger charge is -2.32. The number of hydrogen-bond donors (Lipinski definition) is 2. The summed E-state index contributed by atoms with van der Waals surface area (Å²) in [6.45, 7) is 8.07. The zero-order valence-electron chi connectivity index (χ0n) is 68.0. The highest BCUT2D eigenvalue weighted by molar-refractivity contribution is 9.10. The molecule has 10 nitrogen and oxygen atoms in total.